The van der Waals surface area contributed by atoms with E-state index in [1.54, 1.807) is 25.1 Å². The van der Waals surface area contributed by atoms with Crippen molar-refractivity contribution in [3.63, 3.8) is 0 Å². The van der Waals surface area contributed by atoms with E-state index in [1.165, 1.54) is 16.0 Å². The summed E-state index contributed by atoms with van der Waals surface area (Å²) < 4.78 is 42.0. The van der Waals surface area contributed by atoms with Crippen LogP contribution in [0.3, 0.4) is 0 Å². The molecule has 0 fully saturated rings. The molecule has 37 heavy (non-hydrogen) atoms. The maximum Gasteiger partial charge on any atom is 0.420 e. The standard InChI is InChI=1S/C27H29ClF3N3O2S/c1-5-6-7-19(26(4,36)27(29,30)31)15-37-16(2)21-13-24-22(12-23(21)32)25(35)34(17(3)33-24)14-18-8-10-20(28)11-9-18/h8-13,15,36H,2,5-7,14,32H2,1,3-4H3/b19-15+. The number of aryl methyl sites for hydroxylation is 1. The number of thioether (sulfide) groups is 1. The van der Waals surface area contributed by atoms with E-state index in [0.29, 0.717) is 51.6 Å². The molecule has 0 spiro atoms. The monoisotopic (exact) mass is 551 g/mol. The van der Waals surface area contributed by atoms with Crippen molar-refractivity contribution in [2.45, 2.75) is 58.4 Å². The molecular weight excluding hydrogens is 523 g/mol. The van der Waals surface area contributed by atoms with Crippen molar-refractivity contribution in [2.75, 3.05) is 5.73 Å². The zero-order chi connectivity index (χ0) is 27.5. The molecule has 5 nitrogen and oxygen atoms in total. The predicted molar refractivity (Wildman–Crippen MR) is 147 cm³/mol. The van der Waals surface area contributed by atoms with Crippen LogP contribution in [-0.2, 0) is 6.54 Å². The van der Waals surface area contributed by atoms with E-state index in [9.17, 15) is 23.1 Å². The molecule has 1 aromatic heterocycles. The molecule has 1 heterocycles. The number of benzene rings is 2. The van der Waals surface area contributed by atoms with Crippen LogP contribution in [0.25, 0.3) is 15.8 Å². The molecule has 0 bridgehead atoms. The average molecular weight is 552 g/mol. The van der Waals surface area contributed by atoms with Gasteiger partial charge in [0, 0.05) is 21.2 Å². The Balaban J connectivity index is 1.96. The first-order valence-electron chi connectivity index (χ1n) is 11.7. The van der Waals surface area contributed by atoms with Gasteiger partial charge in [-0.3, -0.25) is 9.36 Å². The lowest BCUT2D eigenvalue weighted by Gasteiger charge is -2.29. The fraction of sp³-hybridized carbons (Fsp3) is 0.333. The second-order valence-corrected chi connectivity index (χ2v) is 10.4. The summed E-state index contributed by atoms with van der Waals surface area (Å²) in [5.41, 5.74) is 4.85. The molecule has 0 radical (unpaired) electrons. The fourth-order valence-corrected chi connectivity index (χ4v) is 4.83. The number of hydrogen-bond donors (Lipinski definition) is 2. The van der Waals surface area contributed by atoms with Gasteiger partial charge in [-0.15, -0.1) is 0 Å². The number of rotatable bonds is 9. The molecule has 3 N–H and O–H groups in total. The number of nitrogen functional groups attached to an aromatic ring is 1. The number of unbranched alkanes of at least 4 members (excludes halogenated alkanes) is 1. The summed E-state index contributed by atoms with van der Waals surface area (Å²) in [5, 5.41) is 12.4. The number of fused-ring (bicyclic) bond motifs is 1. The Morgan fingerprint density at radius 3 is 2.51 bits per heavy atom. The van der Waals surface area contributed by atoms with Gasteiger partial charge in [0.15, 0.2) is 5.60 Å². The third-order valence-corrected chi connectivity index (χ3v) is 7.35. The van der Waals surface area contributed by atoms with Crippen LogP contribution in [0.4, 0.5) is 18.9 Å². The molecule has 10 heteroatoms. The third-order valence-electron chi connectivity index (χ3n) is 6.19. The van der Waals surface area contributed by atoms with Gasteiger partial charge < -0.3 is 10.8 Å². The lowest BCUT2D eigenvalue weighted by Crippen LogP contribution is -2.43. The quantitative estimate of drug-likeness (QED) is 0.278. The molecule has 3 aromatic rings. The minimum absolute atomic E-state index is 0.0877. The summed E-state index contributed by atoms with van der Waals surface area (Å²) in [5.74, 6) is 0.490. The topological polar surface area (TPSA) is 81.1 Å². The van der Waals surface area contributed by atoms with Crippen molar-refractivity contribution in [1.82, 2.24) is 9.55 Å². The van der Waals surface area contributed by atoms with E-state index < -0.39 is 11.8 Å². The molecule has 3 rings (SSSR count). The van der Waals surface area contributed by atoms with Crippen LogP contribution >= 0.6 is 23.4 Å². The number of nitrogens with two attached hydrogens (primary N) is 1. The number of halogens is 4. The van der Waals surface area contributed by atoms with Gasteiger partial charge in [0.1, 0.15) is 5.82 Å². The zero-order valence-corrected chi connectivity index (χ0v) is 22.4. The van der Waals surface area contributed by atoms with E-state index in [-0.39, 0.29) is 23.2 Å². The molecule has 1 atom stereocenters. The molecule has 0 amide bonds. The third kappa shape index (κ3) is 6.40. The lowest BCUT2D eigenvalue weighted by molar-refractivity contribution is -0.237. The zero-order valence-electron chi connectivity index (χ0n) is 20.8. The van der Waals surface area contributed by atoms with Gasteiger partial charge in [0.25, 0.3) is 5.56 Å². The van der Waals surface area contributed by atoms with Crippen LogP contribution in [0.15, 0.2) is 58.8 Å². The van der Waals surface area contributed by atoms with Gasteiger partial charge in [-0.2, -0.15) is 13.2 Å². The fourth-order valence-electron chi connectivity index (χ4n) is 3.77. The van der Waals surface area contributed by atoms with E-state index in [2.05, 4.69) is 11.6 Å². The first-order chi connectivity index (χ1) is 17.3. The minimum Gasteiger partial charge on any atom is -0.398 e. The predicted octanol–water partition coefficient (Wildman–Crippen LogP) is 7.08. The highest BCUT2D eigenvalue weighted by atomic mass is 35.5. The Hall–Kier alpha value is -2.75. The normalized spacial score (nSPS) is 14.1. The van der Waals surface area contributed by atoms with E-state index in [1.807, 2.05) is 19.1 Å². The number of anilines is 1. The number of hydrogen-bond acceptors (Lipinski definition) is 5. The summed E-state index contributed by atoms with van der Waals surface area (Å²) in [6.45, 7) is 8.61. The largest absolute Gasteiger partial charge is 0.420 e. The average Bonchev–Trinajstić information content (AvgIpc) is 2.82. The lowest BCUT2D eigenvalue weighted by atomic mass is 9.92. The van der Waals surface area contributed by atoms with E-state index in [4.69, 9.17) is 17.3 Å². The molecule has 0 aliphatic carbocycles. The van der Waals surface area contributed by atoms with Crippen LogP contribution in [0, 0.1) is 6.92 Å². The Labute approximate surface area is 222 Å². The van der Waals surface area contributed by atoms with Crippen molar-refractivity contribution in [3.05, 3.63) is 86.3 Å². The molecule has 0 saturated heterocycles. The van der Waals surface area contributed by atoms with Crippen molar-refractivity contribution in [3.8, 4) is 0 Å². The summed E-state index contributed by atoms with van der Waals surface area (Å²) >= 11 is 6.90. The highest BCUT2D eigenvalue weighted by Gasteiger charge is 2.52. The molecule has 0 aliphatic heterocycles. The van der Waals surface area contributed by atoms with Gasteiger partial charge in [-0.25, -0.2) is 4.98 Å². The maximum absolute atomic E-state index is 13.5. The van der Waals surface area contributed by atoms with Gasteiger partial charge in [-0.05, 0) is 67.5 Å². The SMILES string of the molecule is C=C(S/C=C(\CCCC)C(C)(O)C(F)(F)F)c1cc2nc(C)n(Cc3ccc(Cl)cc3)c(=O)c2cc1N. The van der Waals surface area contributed by atoms with Crippen molar-refractivity contribution >= 4 is 44.9 Å². The molecule has 1 unspecified atom stereocenters. The Morgan fingerprint density at radius 1 is 1.27 bits per heavy atom. The molecule has 198 valence electrons. The van der Waals surface area contributed by atoms with Crippen LogP contribution in [0.2, 0.25) is 5.02 Å². The summed E-state index contributed by atoms with van der Waals surface area (Å²) in [6, 6.07) is 10.3. The maximum atomic E-state index is 13.5. The van der Waals surface area contributed by atoms with Gasteiger partial charge >= 0.3 is 6.18 Å². The van der Waals surface area contributed by atoms with E-state index in [0.717, 1.165) is 24.2 Å². The van der Waals surface area contributed by atoms with Gasteiger partial charge in [0.05, 0.1) is 17.4 Å². The Kier molecular flexibility index (Phi) is 8.82. The second-order valence-electron chi connectivity index (χ2n) is 8.99. The van der Waals surface area contributed by atoms with Crippen LogP contribution < -0.4 is 11.3 Å². The Morgan fingerprint density at radius 2 is 1.92 bits per heavy atom. The summed E-state index contributed by atoms with van der Waals surface area (Å²) in [4.78, 5) is 18.2. The Bertz CT molecular complexity index is 1400. The molecule has 0 saturated carbocycles. The summed E-state index contributed by atoms with van der Waals surface area (Å²) in [7, 11) is 0. The van der Waals surface area contributed by atoms with Crippen molar-refractivity contribution < 1.29 is 18.3 Å². The number of alkyl halides is 3. The number of nitrogens with zero attached hydrogens (tertiary/aromatic N) is 2. The van der Waals surface area contributed by atoms with Crippen LogP contribution in [0.1, 0.15) is 50.1 Å². The highest BCUT2D eigenvalue weighted by Crippen LogP contribution is 2.41. The molecular formula is C27H29ClF3N3O2S. The first kappa shape index (κ1) is 28.8. The molecule has 0 aliphatic rings. The highest BCUT2D eigenvalue weighted by molar-refractivity contribution is 8.10. The first-order valence-corrected chi connectivity index (χ1v) is 12.9. The minimum atomic E-state index is -4.82. The number of aromatic nitrogens is 2. The van der Waals surface area contributed by atoms with Crippen LogP contribution in [0.5, 0.6) is 0 Å². The van der Waals surface area contributed by atoms with Crippen molar-refractivity contribution in [1.29, 1.82) is 0 Å². The molecule has 2 aromatic carbocycles. The number of aliphatic hydroxyl groups is 1. The van der Waals surface area contributed by atoms with Gasteiger partial charge in [0.2, 0.25) is 0 Å². The van der Waals surface area contributed by atoms with Crippen molar-refractivity contribution in [2.24, 2.45) is 0 Å². The van der Waals surface area contributed by atoms with E-state index >= 15 is 0 Å². The second kappa shape index (κ2) is 11.3. The van der Waals surface area contributed by atoms with Gasteiger partial charge in [-0.1, -0.05) is 55.4 Å². The summed E-state index contributed by atoms with van der Waals surface area (Å²) in [6.07, 6.45) is -3.56. The smallest absolute Gasteiger partial charge is 0.398 e. The van der Waals surface area contributed by atoms with Crippen LogP contribution in [-0.4, -0.2) is 26.4 Å².